The van der Waals surface area contributed by atoms with Gasteiger partial charge >= 0.3 is 0 Å². The lowest BCUT2D eigenvalue weighted by Gasteiger charge is -2.35. The van der Waals surface area contributed by atoms with Gasteiger partial charge in [0.2, 0.25) is 0 Å². The Kier molecular flexibility index (Phi) is 2.61. The van der Waals surface area contributed by atoms with Crippen molar-refractivity contribution in [1.29, 1.82) is 0 Å². The summed E-state index contributed by atoms with van der Waals surface area (Å²) >= 11 is 0. The third-order valence-electron chi connectivity index (χ3n) is 3.49. The normalized spacial score (nSPS) is 46.4. The topological polar surface area (TPSA) is 23.5 Å². The standard InChI is InChI=1S/C11H21NO/c1-8-3-9(2)6-12(5-8)11-4-10(11)7-13/h8-11,13H,3-7H2,1-2H3. The van der Waals surface area contributed by atoms with Gasteiger partial charge < -0.3 is 5.11 Å². The number of likely N-dealkylation sites (tertiary alicyclic amines) is 1. The van der Waals surface area contributed by atoms with Crippen molar-refractivity contribution in [3.8, 4) is 0 Å². The van der Waals surface area contributed by atoms with Crippen LogP contribution in [-0.2, 0) is 0 Å². The smallest absolute Gasteiger partial charge is 0.0474 e. The van der Waals surface area contributed by atoms with Crippen LogP contribution in [0.2, 0.25) is 0 Å². The Morgan fingerprint density at radius 2 is 1.77 bits per heavy atom. The maximum Gasteiger partial charge on any atom is 0.0474 e. The number of rotatable bonds is 2. The quantitative estimate of drug-likeness (QED) is 0.698. The summed E-state index contributed by atoms with van der Waals surface area (Å²) < 4.78 is 0. The maximum atomic E-state index is 9.01. The lowest BCUT2D eigenvalue weighted by atomic mass is 9.92. The summed E-state index contributed by atoms with van der Waals surface area (Å²) in [4.78, 5) is 2.60. The molecule has 1 saturated heterocycles. The molecule has 4 unspecified atom stereocenters. The van der Waals surface area contributed by atoms with Crippen molar-refractivity contribution in [3.63, 3.8) is 0 Å². The van der Waals surface area contributed by atoms with Gasteiger partial charge in [0.15, 0.2) is 0 Å². The zero-order chi connectivity index (χ0) is 9.42. The van der Waals surface area contributed by atoms with Crippen LogP contribution in [0.4, 0.5) is 0 Å². The molecule has 0 aromatic heterocycles. The van der Waals surface area contributed by atoms with Crippen molar-refractivity contribution in [2.24, 2.45) is 17.8 Å². The van der Waals surface area contributed by atoms with E-state index in [1.54, 1.807) is 0 Å². The van der Waals surface area contributed by atoms with Crippen LogP contribution in [0.3, 0.4) is 0 Å². The summed E-state index contributed by atoms with van der Waals surface area (Å²) in [5.41, 5.74) is 0. The molecule has 1 N–H and O–H groups in total. The third kappa shape index (κ3) is 2.05. The van der Waals surface area contributed by atoms with Crippen LogP contribution in [0.15, 0.2) is 0 Å². The molecule has 0 aromatic carbocycles. The van der Waals surface area contributed by atoms with Crippen molar-refractivity contribution in [1.82, 2.24) is 4.90 Å². The summed E-state index contributed by atoms with van der Waals surface area (Å²) in [7, 11) is 0. The first kappa shape index (κ1) is 9.47. The van der Waals surface area contributed by atoms with Crippen LogP contribution in [-0.4, -0.2) is 35.7 Å². The molecule has 1 aliphatic heterocycles. The third-order valence-corrected chi connectivity index (χ3v) is 3.49. The summed E-state index contributed by atoms with van der Waals surface area (Å²) in [5.74, 6) is 2.30. The second-order valence-corrected chi connectivity index (χ2v) is 5.15. The molecule has 13 heavy (non-hydrogen) atoms. The minimum Gasteiger partial charge on any atom is -0.396 e. The lowest BCUT2D eigenvalue weighted by molar-refractivity contribution is 0.121. The predicted molar refractivity (Wildman–Crippen MR) is 53.5 cm³/mol. The molecular formula is C11H21NO. The summed E-state index contributed by atoms with van der Waals surface area (Å²) in [6.45, 7) is 7.60. The van der Waals surface area contributed by atoms with E-state index in [2.05, 4.69) is 18.7 Å². The molecule has 1 saturated carbocycles. The van der Waals surface area contributed by atoms with E-state index in [1.165, 1.54) is 25.9 Å². The second-order valence-electron chi connectivity index (χ2n) is 5.15. The van der Waals surface area contributed by atoms with Crippen molar-refractivity contribution in [2.45, 2.75) is 32.7 Å². The van der Waals surface area contributed by atoms with Crippen LogP contribution in [0.5, 0.6) is 0 Å². The Morgan fingerprint density at radius 3 is 2.23 bits per heavy atom. The molecule has 2 heteroatoms. The minimum atomic E-state index is 0.393. The maximum absolute atomic E-state index is 9.01. The molecule has 1 aliphatic carbocycles. The fourth-order valence-corrected chi connectivity index (χ4v) is 2.86. The predicted octanol–water partition coefficient (Wildman–Crippen LogP) is 1.35. The highest BCUT2D eigenvalue weighted by atomic mass is 16.3. The fraction of sp³-hybridized carbons (Fsp3) is 1.00. The number of hydrogen-bond donors (Lipinski definition) is 1. The Labute approximate surface area is 80.9 Å². The van der Waals surface area contributed by atoms with E-state index in [0.29, 0.717) is 12.5 Å². The van der Waals surface area contributed by atoms with Crippen LogP contribution >= 0.6 is 0 Å². The summed E-state index contributed by atoms with van der Waals surface area (Å²) in [5, 5.41) is 9.01. The monoisotopic (exact) mass is 183 g/mol. The number of aliphatic hydroxyl groups is 1. The molecule has 0 aromatic rings. The Bertz CT molecular complexity index is 173. The molecule has 0 radical (unpaired) electrons. The highest BCUT2D eigenvalue weighted by molar-refractivity contribution is 4.96. The van der Waals surface area contributed by atoms with Gasteiger partial charge in [0.05, 0.1) is 0 Å². The van der Waals surface area contributed by atoms with Gasteiger partial charge in [0, 0.05) is 25.7 Å². The van der Waals surface area contributed by atoms with Crippen LogP contribution < -0.4 is 0 Å². The molecular weight excluding hydrogens is 162 g/mol. The largest absolute Gasteiger partial charge is 0.396 e. The first-order valence-corrected chi connectivity index (χ1v) is 5.55. The number of piperidine rings is 1. The molecule has 1 heterocycles. The SMILES string of the molecule is CC1CC(C)CN(C2CC2CO)C1. The van der Waals surface area contributed by atoms with Gasteiger partial charge in [-0.1, -0.05) is 13.8 Å². The molecule has 0 spiro atoms. The van der Waals surface area contributed by atoms with Gasteiger partial charge in [0.1, 0.15) is 0 Å². The molecule has 2 fully saturated rings. The van der Waals surface area contributed by atoms with E-state index in [4.69, 9.17) is 5.11 Å². The minimum absolute atomic E-state index is 0.393. The van der Waals surface area contributed by atoms with E-state index < -0.39 is 0 Å². The van der Waals surface area contributed by atoms with Crippen molar-refractivity contribution in [3.05, 3.63) is 0 Å². The highest BCUT2D eigenvalue weighted by Gasteiger charge is 2.42. The number of nitrogens with zero attached hydrogens (tertiary/aromatic N) is 1. The lowest BCUT2D eigenvalue weighted by Crippen LogP contribution is -2.40. The zero-order valence-corrected chi connectivity index (χ0v) is 8.74. The zero-order valence-electron chi connectivity index (χ0n) is 8.74. The van der Waals surface area contributed by atoms with Gasteiger partial charge in [0.25, 0.3) is 0 Å². The van der Waals surface area contributed by atoms with Crippen molar-refractivity contribution < 1.29 is 5.11 Å². The van der Waals surface area contributed by atoms with Crippen molar-refractivity contribution >= 4 is 0 Å². The number of aliphatic hydroxyl groups excluding tert-OH is 1. The fourth-order valence-electron chi connectivity index (χ4n) is 2.86. The molecule has 0 amide bonds. The van der Waals surface area contributed by atoms with Gasteiger partial charge in [-0.3, -0.25) is 4.90 Å². The van der Waals surface area contributed by atoms with Gasteiger partial charge in [-0.2, -0.15) is 0 Å². The van der Waals surface area contributed by atoms with E-state index in [9.17, 15) is 0 Å². The Balaban J connectivity index is 1.86. The van der Waals surface area contributed by atoms with E-state index in [-0.39, 0.29) is 0 Å². The van der Waals surface area contributed by atoms with Gasteiger partial charge in [-0.25, -0.2) is 0 Å². The number of hydrogen-bond acceptors (Lipinski definition) is 2. The molecule has 2 aliphatic rings. The Morgan fingerprint density at radius 1 is 1.15 bits per heavy atom. The van der Waals surface area contributed by atoms with E-state index >= 15 is 0 Å². The van der Waals surface area contributed by atoms with Gasteiger partial charge in [-0.05, 0) is 30.6 Å². The molecule has 4 atom stereocenters. The van der Waals surface area contributed by atoms with Gasteiger partial charge in [-0.15, -0.1) is 0 Å². The van der Waals surface area contributed by atoms with E-state index in [0.717, 1.165) is 17.9 Å². The second kappa shape index (κ2) is 3.58. The molecule has 0 bridgehead atoms. The average molecular weight is 183 g/mol. The first-order chi connectivity index (χ1) is 6.20. The van der Waals surface area contributed by atoms with Crippen LogP contribution in [0, 0.1) is 17.8 Å². The van der Waals surface area contributed by atoms with Crippen LogP contribution in [0.1, 0.15) is 26.7 Å². The molecule has 76 valence electrons. The average Bonchev–Trinajstić information content (AvgIpc) is 2.80. The van der Waals surface area contributed by atoms with Crippen LogP contribution in [0.25, 0.3) is 0 Å². The molecule has 2 nitrogen and oxygen atoms in total. The first-order valence-electron chi connectivity index (χ1n) is 5.55. The van der Waals surface area contributed by atoms with E-state index in [1.807, 2.05) is 0 Å². The Hall–Kier alpha value is -0.0800. The summed E-state index contributed by atoms with van der Waals surface area (Å²) in [6, 6.07) is 0.718. The summed E-state index contributed by atoms with van der Waals surface area (Å²) in [6.07, 6.45) is 2.61. The highest BCUT2D eigenvalue weighted by Crippen LogP contribution is 2.38. The van der Waals surface area contributed by atoms with Crippen molar-refractivity contribution in [2.75, 3.05) is 19.7 Å². The molecule has 2 rings (SSSR count).